The quantitative estimate of drug-likeness (QED) is 0.339. The molecule has 2 aromatic rings. The fourth-order valence-electron chi connectivity index (χ4n) is 3.76. The summed E-state index contributed by atoms with van der Waals surface area (Å²) in [4.78, 5) is 40.0. The number of aromatic nitrogens is 1. The number of ether oxygens (including phenoxy) is 1. The predicted molar refractivity (Wildman–Crippen MR) is 127 cm³/mol. The summed E-state index contributed by atoms with van der Waals surface area (Å²) in [6.45, 7) is 0.847. The monoisotopic (exact) mass is 486 g/mol. The Morgan fingerprint density at radius 1 is 1.20 bits per heavy atom. The van der Waals surface area contributed by atoms with Crippen LogP contribution >= 0.6 is 0 Å². The number of rotatable bonds is 12. The number of hydrogen-bond acceptors (Lipinski definition) is 6. The molecule has 0 saturated heterocycles. The summed E-state index contributed by atoms with van der Waals surface area (Å²) in [5.74, 6) is -0.916. The van der Waals surface area contributed by atoms with E-state index in [1.54, 1.807) is 6.07 Å². The van der Waals surface area contributed by atoms with Crippen LogP contribution in [0.4, 0.5) is 15.0 Å². The zero-order valence-corrected chi connectivity index (χ0v) is 19.5. The van der Waals surface area contributed by atoms with E-state index in [0.29, 0.717) is 18.4 Å². The molecule has 1 aromatic carbocycles. The highest BCUT2D eigenvalue weighted by Gasteiger charge is 2.20. The number of halogens is 1. The van der Waals surface area contributed by atoms with Crippen LogP contribution in [0.2, 0.25) is 0 Å². The summed E-state index contributed by atoms with van der Waals surface area (Å²) in [5, 5.41) is 17.6. The fraction of sp³-hybridized carbons (Fsp3) is 0.440. The molecule has 0 fully saturated rings. The number of benzene rings is 1. The Balaban J connectivity index is 1.30. The first kappa shape index (κ1) is 25.9. The summed E-state index contributed by atoms with van der Waals surface area (Å²) in [6.07, 6.45) is 3.84. The number of anilines is 1. The lowest BCUT2D eigenvalue weighted by atomic mass is 10.1. The SMILES string of the molecule is O=C(CCCCc1ccc2c(n1)NCCC2)NCCC(NC(=O)OCc1cccc(F)c1)C(=O)O. The van der Waals surface area contributed by atoms with Crippen LogP contribution < -0.4 is 16.0 Å². The Bertz CT molecular complexity index is 1030. The number of nitrogens with zero attached hydrogens (tertiary/aromatic N) is 1. The molecule has 35 heavy (non-hydrogen) atoms. The van der Waals surface area contributed by atoms with Crippen molar-refractivity contribution in [1.29, 1.82) is 0 Å². The topological polar surface area (TPSA) is 130 Å². The minimum Gasteiger partial charge on any atom is -0.480 e. The molecule has 3 rings (SSSR count). The number of carboxylic acids is 1. The van der Waals surface area contributed by atoms with Crippen molar-refractivity contribution in [2.24, 2.45) is 0 Å². The number of nitrogens with one attached hydrogen (secondary N) is 3. The number of hydrogen-bond donors (Lipinski definition) is 4. The molecule has 188 valence electrons. The molecule has 1 atom stereocenters. The van der Waals surface area contributed by atoms with Crippen molar-refractivity contribution in [2.75, 3.05) is 18.4 Å². The van der Waals surface area contributed by atoms with Crippen LogP contribution in [0.1, 0.15) is 48.9 Å². The summed E-state index contributed by atoms with van der Waals surface area (Å²) < 4.78 is 18.1. The second-order valence-electron chi connectivity index (χ2n) is 8.43. The van der Waals surface area contributed by atoms with Crippen molar-refractivity contribution in [1.82, 2.24) is 15.6 Å². The highest BCUT2D eigenvalue weighted by atomic mass is 19.1. The Kier molecular flexibility index (Phi) is 9.82. The Morgan fingerprint density at radius 3 is 2.86 bits per heavy atom. The van der Waals surface area contributed by atoms with Gasteiger partial charge in [0.15, 0.2) is 0 Å². The molecule has 4 N–H and O–H groups in total. The molecule has 0 spiro atoms. The number of aliphatic carboxylic acids is 1. The highest BCUT2D eigenvalue weighted by molar-refractivity contribution is 5.80. The molecule has 0 radical (unpaired) electrons. The van der Waals surface area contributed by atoms with E-state index >= 15 is 0 Å². The molecule has 2 amide bonds. The molecule has 0 saturated carbocycles. The van der Waals surface area contributed by atoms with Gasteiger partial charge in [-0.1, -0.05) is 18.2 Å². The Labute approximate surface area is 203 Å². The predicted octanol–water partition coefficient (Wildman–Crippen LogP) is 3.18. The molecule has 1 unspecified atom stereocenters. The Hall–Kier alpha value is -3.69. The zero-order valence-electron chi connectivity index (χ0n) is 19.5. The minimum absolute atomic E-state index is 0.00217. The van der Waals surface area contributed by atoms with Crippen LogP contribution in [0, 0.1) is 5.82 Å². The molecular weight excluding hydrogens is 455 g/mol. The molecule has 10 heteroatoms. The van der Waals surface area contributed by atoms with Crippen molar-refractivity contribution in [3.63, 3.8) is 0 Å². The van der Waals surface area contributed by atoms with E-state index in [-0.39, 0.29) is 25.5 Å². The molecule has 1 aromatic heterocycles. The number of aryl methyl sites for hydroxylation is 2. The standard InChI is InChI=1S/C25H31FN4O5/c26-19-7-3-5-17(15-19)16-35-25(34)30-21(24(32)33)12-14-27-22(31)9-2-1-8-20-11-10-18-6-4-13-28-23(18)29-20/h3,5,7,10-11,15,21H,1-2,4,6,8-9,12-14,16H2,(H,27,31)(H,28,29)(H,30,34)(H,32,33). The van der Waals surface area contributed by atoms with Gasteiger partial charge >= 0.3 is 12.1 Å². The van der Waals surface area contributed by atoms with Gasteiger partial charge in [-0.2, -0.15) is 0 Å². The number of fused-ring (bicyclic) bond motifs is 1. The first-order chi connectivity index (χ1) is 16.9. The normalized spacial score (nSPS) is 13.2. The smallest absolute Gasteiger partial charge is 0.408 e. The van der Waals surface area contributed by atoms with E-state index in [1.165, 1.54) is 23.8 Å². The largest absolute Gasteiger partial charge is 0.480 e. The van der Waals surface area contributed by atoms with Crippen molar-refractivity contribution < 1.29 is 28.6 Å². The number of carboxylic acid groups (broad SMARTS) is 1. The zero-order chi connectivity index (χ0) is 25.0. The van der Waals surface area contributed by atoms with Crippen LogP contribution in [0.5, 0.6) is 0 Å². The number of pyridine rings is 1. The molecule has 2 heterocycles. The van der Waals surface area contributed by atoms with E-state index in [4.69, 9.17) is 4.74 Å². The molecule has 0 bridgehead atoms. The number of alkyl carbamates (subject to hydrolysis) is 1. The molecule has 1 aliphatic heterocycles. The number of amides is 2. The van der Waals surface area contributed by atoms with Crippen molar-refractivity contribution in [2.45, 2.75) is 57.6 Å². The van der Waals surface area contributed by atoms with Gasteiger partial charge in [0.1, 0.15) is 24.3 Å². The maximum absolute atomic E-state index is 13.2. The first-order valence-corrected chi connectivity index (χ1v) is 11.8. The minimum atomic E-state index is -1.24. The second-order valence-corrected chi connectivity index (χ2v) is 8.43. The molecule has 0 aliphatic carbocycles. The first-order valence-electron chi connectivity index (χ1n) is 11.8. The second kappa shape index (κ2) is 13.3. The summed E-state index contributed by atoms with van der Waals surface area (Å²) in [7, 11) is 0. The Morgan fingerprint density at radius 2 is 2.06 bits per heavy atom. The number of carbonyl (C=O) groups is 3. The van der Waals surface area contributed by atoms with E-state index in [0.717, 1.165) is 43.7 Å². The fourth-order valence-corrected chi connectivity index (χ4v) is 3.76. The van der Waals surface area contributed by atoms with Gasteiger partial charge < -0.3 is 25.8 Å². The lowest BCUT2D eigenvalue weighted by Crippen LogP contribution is -2.43. The van der Waals surface area contributed by atoms with Gasteiger partial charge in [0.05, 0.1) is 0 Å². The third kappa shape index (κ3) is 8.88. The van der Waals surface area contributed by atoms with Gasteiger partial charge in [0.2, 0.25) is 5.91 Å². The lowest BCUT2D eigenvalue weighted by molar-refractivity contribution is -0.139. The summed E-state index contributed by atoms with van der Waals surface area (Å²) in [6, 6.07) is 8.48. The van der Waals surface area contributed by atoms with Crippen molar-refractivity contribution >= 4 is 23.8 Å². The molecular formula is C25H31FN4O5. The average molecular weight is 487 g/mol. The maximum Gasteiger partial charge on any atom is 0.408 e. The van der Waals surface area contributed by atoms with Crippen molar-refractivity contribution in [3.8, 4) is 0 Å². The van der Waals surface area contributed by atoms with Gasteiger partial charge in [0.25, 0.3) is 0 Å². The van der Waals surface area contributed by atoms with Crippen molar-refractivity contribution in [3.05, 3.63) is 59.0 Å². The van der Waals surface area contributed by atoms with E-state index < -0.39 is 23.9 Å². The third-order valence-electron chi connectivity index (χ3n) is 5.64. The van der Waals surface area contributed by atoms with Crippen LogP contribution in [0.3, 0.4) is 0 Å². The highest BCUT2D eigenvalue weighted by Crippen LogP contribution is 2.20. The van der Waals surface area contributed by atoms with Crippen LogP contribution in [-0.2, 0) is 33.8 Å². The maximum atomic E-state index is 13.2. The van der Waals surface area contributed by atoms with Gasteiger partial charge in [0, 0.05) is 25.2 Å². The summed E-state index contributed by atoms with van der Waals surface area (Å²) in [5.41, 5.74) is 2.69. The average Bonchev–Trinajstić information content (AvgIpc) is 2.84. The van der Waals surface area contributed by atoms with Gasteiger partial charge in [-0.25, -0.2) is 19.0 Å². The lowest BCUT2D eigenvalue weighted by Gasteiger charge is -2.17. The molecule has 1 aliphatic rings. The van der Waals surface area contributed by atoms with E-state index in [1.807, 2.05) is 6.07 Å². The number of carbonyl (C=O) groups excluding carboxylic acids is 2. The van der Waals surface area contributed by atoms with Gasteiger partial charge in [-0.15, -0.1) is 0 Å². The van der Waals surface area contributed by atoms with Crippen LogP contribution in [0.15, 0.2) is 36.4 Å². The van der Waals surface area contributed by atoms with Crippen LogP contribution in [-0.4, -0.2) is 47.2 Å². The third-order valence-corrected chi connectivity index (χ3v) is 5.64. The van der Waals surface area contributed by atoms with E-state index in [9.17, 15) is 23.9 Å². The van der Waals surface area contributed by atoms with Gasteiger partial charge in [-0.05, 0) is 67.9 Å². The van der Waals surface area contributed by atoms with Crippen LogP contribution in [0.25, 0.3) is 0 Å². The van der Waals surface area contributed by atoms with Gasteiger partial charge in [-0.3, -0.25) is 4.79 Å². The summed E-state index contributed by atoms with van der Waals surface area (Å²) >= 11 is 0. The molecule has 9 nitrogen and oxygen atoms in total. The number of unbranched alkanes of at least 4 members (excludes halogenated alkanes) is 1. The van der Waals surface area contributed by atoms with E-state index in [2.05, 4.69) is 27.0 Å².